The van der Waals surface area contributed by atoms with E-state index in [4.69, 9.17) is 11.6 Å². The third-order valence-electron chi connectivity index (χ3n) is 5.96. The Kier molecular flexibility index (Phi) is 3.76. The van der Waals surface area contributed by atoms with Gasteiger partial charge < -0.3 is 5.32 Å². The second-order valence-corrected chi connectivity index (χ2v) is 8.54. The van der Waals surface area contributed by atoms with Gasteiger partial charge in [0.1, 0.15) is 5.54 Å². The van der Waals surface area contributed by atoms with E-state index in [1.54, 1.807) is 23.9 Å². The molecule has 27 heavy (non-hydrogen) atoms. The van der Waals surface area contributed by atoms with Gasteiger partial charge in [-0.1, -0.05) is 41.9 Å². The van der Waals surface area contributed by atoms with Crippen molar-refractivity contribution in [2.45, 2.75) is 23.5 Å². The molecule has 3 aliphatic heterocycles. The molecule has 3 heterocycles. The fraction of sp³-hybridized carbons (Fsp3) is 0.316. The van der Waals surface area contributed by atoms with Gasteiger partial charge in [0.25, 0.3) is 5.91 Å². The first-order valence-corrected chi connectivity index (χ1v) is 10.2. The third-order valence-corrected chi connectivity index (χ3v) is 7.25. The molecule has 1 spiro atoms. The summed E-state index contributed by atoms with van der Waals surface area (Å²) in [5.74, 6) is 0.480. The van der Waals surface area contributed by atoms with Crippen molar-refractivity contribution in [3.63, 3.8) is 0 Å². The molecule has 1 unspecified atom stereocenters. The second kappa shape index (κ2) is 5.95. The number of fused-ring (bicyclic) bond motifs is 4. The highest BCUT2D eigenvalue weighted by Gasteiger charge is 2.71. The van der Waals surface area contributed by atoms with Crippen molar-refractivity contribution in [3.8, 4) is 0 Å². The number of para-hydroxylation sites is 1. The first-order valence-electron chi connectivity index (χ1n) is 8.69. The predicted molar refractivity (Wildman–Crippen MR) is 105 cm³/mol. The van der Waals surface area contributed by atoms with Crippen LogP contribution in [-0.4, -0.2) is 39.4 Å². The van der Waals surface area contributed by atoms with Gasteiger partial charge in [-0.2, -0.15) is 0 Å². The zero-order chi connectivity index (χ0) is 18.8. The average molecular weight is 402 g/mol. The van der Waals surface area contributed by atoms with Crippen molar-refractivity contribution >= 4 is 35.0 Å². The van der Waals surface area contributed by atoms with Gasteiger partial charge in [0.15, 0.2) is 0 Å². The highest BCUT2D eigenvalue weighted by molar-refractivity contribution is 7.99. The molecule has 0 aromatic heterocycles. The first kappa shape index (κ1) is 17.0. The van der Waals surface area contributed by atoms with E-state index in [1.807, 2.05) is 41.3 Å². The molecule has 0 bridgehead atoms. The normalized spacial score (nSPS) is 31.7. The van der Waals surface area contributed by atoms with Crippen LogP contribution in [0.3, 0.4) is 0 Å². The van der Waals surface area contributed by atoms with Gasteiger partial charge in [-0.25, -0.2) is 0 Å². The Bertz CT molecular complexity index is 953. The van der Waals surface area contributed by atoms with E-state index in [9.17, 15) is 14.9 Å². The Morgan fingerprint density at radius 3 is 2.70 bits per heavy atom. The topological polar surface area (TPSA) is 75.5 Å². The van der Waals surface area contributed by atoms with E-state index in [0.29, 0.717) is 16.7 Å². The fourth-order valence-electron chi connectivity index (χ4n) is 4.98. The predicted octanol–water partition coefficient (Wildman–Crippen LogP) is 3.31. The average Bonchev–Trinajstić information content (AvgIpc) is 3.29. The standard InChI is InChI=1S/C19H16ClN3O3S/c20-12-7-5-11(6-8-12)16-17(23(25)26)15-9-27-10-22(15)19(16)13-3-1-2-4-14(13)21-18(19)24/h1-8,15-17H,9-10H2,(H,21,24)/t15?,16-,17+,19+/m0/s1. The van der Waals surface area contributed by atoms with Crippen molar-refractivity contribution in [1.29, 1.82) is 0 Å². The van der Waals surface area contributed by atoms with Crippen molar-refractivity contribution in [2.75, 3.05) is 16.9 Å². The zero-order valence-electron chi connectivity index (χ0n) is 14.2. The molecule has 2 aromatic rings. The number of nitrogens with one attached hydrogen (secondary N) is 1. The van der Waals surface area contributed by atoms with Gasteiger partial charge in [-0.05, 0) is 23.8 Å². The number of halogens is 1. The summed E-state index contributed by atoms with van der Waals surface area (Å²) in [6.45, 7) is 0. The minimum atomic E-state index is -1.07. The molecule has 0 saturated carbocycles. The number of carbonyl (C=O) groups excluding carboxylic acids is 1. The number of hydrogen-bond acceptors (Lipinski definition) is 5. The van der Waals surface area contributed by atoms with Crippen molar-refractivity contribution < 1.29 is 9.72 Å². The number of anilines is 1. The fourth-order valence-corrected chi connectivity index (χ4v) is 6.42. The number of rotatable bonds is 2. The summed E-state index contributed by atoms with van der Waals surface area (Å²) in [6, 6.07) is 13.5. The van der Waals surface area contributed by atoms with E-state index < -0.39 is 17.5 Å². The molecule has 2 saturated heterocycles. The van der Waals surface area contributed by atoms with Gasteiger partial charge in [0.05, 0.1) is 12.0 Å². The Balaban J connectivity index is 1.80. The van der Waals surface area contributed by atoms with Crippen LogP contribution in [-0.2, 0) is 10.3 Å². The van der Waals surface area contributed by atoms with Gasteiger partial charge in [0.2, 0.25) is 6.04 Å². The second-order valence-electron chi connectivity index (χ2n) is 7.11. The number of nitro groups is 1. The van der Waals surface area contributed by atoms with Crippen LogP contribution in [0.1, 0.15) is 17.0 Å². The smallest absolute Gasteiger partial charge is 0.250 e. The van der Waals surface area contributed by atoms with E-state index in [0.717, 1.165) is 16.8 Å². The summed E-state index contributed by atoms with van der Waals surface area (Å²) in [6.07, 6.45) is 0. The van der Waals surface area contributed by atoms with Crippen molar-refractivity contribution in [1.82, 2.24) is 4.90 Å². The minimum Gasteiger partial charge on any atom is -0.324 e. The van der Waals surface area contributed by atoms with E-state index in [1.165, 1.54) is 0 Å². The monoisotopic (exact) mass is 401 g/mol. The molecule has 8 heteroatoms. The van der Waals surface area contributed by atoms with E-state index >= 15 is 0 Å². The summed E-state index contributed by atoms with van der Waals surface area (Å²) >= 11 is 7.69. The Labute approximate surface area is 165 Å². The van der Waals surface area contributed by atoms with Crippen LogP contribution in [0.5, 0.6) is 0 Å². The van der Waals surface area contributed by atoms with Crippen LogP contribution < -0.4 is 5.32 Å². The van der Waals surface area contributed by atoms with Gasteiger partial charge in [0, 0.05) is 32.8 Å². The number of benzene rings is 2. The van der Waals surface area contributed by atoms with Crippen LogP contribution in [0.15, 0.2) is 48.5 Å². The third kappa shape index (κ3) is 2.16. The quantitative estimate of drug-likeness (QED) is 0.617. The van der Waals surface area contributed by atoms with Crippen LogP contribution in [0.25, 0.3) is 0 Å². The van der Waals surface area contributed by atoms with Crippen LogP contribution in [0.2, 0.25) is 5.02 Å². The highest BCUT2D eigenvalue weighted by Crippen LogP contribution is 2.59. The molecule has 2 aromatic carbocycles. The maximum atomic E-state index is 13.4. The summed E-state index contributed by atoms with van der Waals surface area (Å²) in [4.78, 5) is 27.4. The molecule has 5 rings (SSSR count). The van der Waals surface area contributed by atoms with E-state index in [2.05, 4.69) is 5.32 Å². The summed E-state index contributed by atoms with van der Waals surface area (Å²) in [5.41, 5.74) is 1.26. The summed E-state index contributed by atoms with van der Waals surface area (Å²) < 4.78 is 0. The number of hydrogen-bond donors (Lipinski definition) is 1. The van der Waals surface area contributed by atoms with Gasteiger partial charge >= 0.3 is 0 Å². The largest absolute Gasteiger partial charge is 0.324 e. The number of amides is 1. The van der Waals surface area contributed by atoms with Gasteiger partial charge in [-0.15, -0.1) is 11.8 Å². The zero-order valence-corrected chi connectivity index (χ0v) is 15.7. The van der Waals surface area contributed by atoms with Crippen LogP contribution >= 0.6 is 23.4 Å². The highest BCUT2D eigenvalue weighted by atomic mass is 35.5. The Morgan fingerprint density at radius 1 is 1.22 bits per heavy atom. The summed E-state index contributed by atoms with van der Waals surface area (Å²) in [5, 5.41) is 15.7. The van der Waals surface area contributed by atoms with E-state index in [-0.39, 0.29) is 16.9 Å². The maximum Gasteiger partial charge on any atom is 0.250 e. The molecule has 0 radical (unpaired) electrons. The molecule has 1 amide bonds. The Hall–Kier alpha value is -2.09. The molecule has 3 aliphatic rings. The molecule has 1 N–H and O–H groups in total. The van der Waals surface area contributed by atoms with Gasteiger partial charge in [-0.3, -0.25) is 19.8 Å². The molecule has 2 fully saturated rings. The molecular weight excluding hydrogens is 386 g/mol. The number of nitrogens with zero attached hydrogens (tertiary/aromatic N) is 2. The number of carbonyl (C=O) groups is 1. The molecular formula is C19H16ClN3O3S. The van der Waals surface area contributed by atoms with Crippen molar-refractivity contribution in [2.24, 2.45) is 0 Å². The molecule has 0 aliphatic carbocycles. The lowest BCUT2D eigenvalue weighted by Crippen LogP contribution is -2.50. The molecule has 6 nitrogen and oxygen atoms in total. The first-order chi connectivity index (χ1) is 13.0. The number of thioether (sulfide) groups is 1. The minimum absolute atomic E-state index is 0.180. The lowest BCUT2D eigenvalue weighted by Gasteiger charge is -2.35. The lowest BCUT2D eigenvalue weighted by atomic mass is 9.74. The molecule has 4 atom stereocenters. The summed E-state index contributed by atoms with van der Waals surface area (Å²) in [7, 11) is 0. The van der Waals surface area contributed by atoms with Crippen LogP contribution in [0.4, 0.5) is 5.69 Å². The molecule has 138 valence electrons. The maximum absolute atomic E-state index is 13.4. The SMILES string of the molecule is O=C1Nc2ccccc2[C@@]12[C@@H](c1ccc(Cl)cc1)[C@H]([N+](=O)[O-])C1CSCN12. The lowest BCUT2D eigenvalue weighted by molar-refractivity contribution is -0.527. The van der Waals surface area contributed by atoms with Crippen LogP contribution in [0, 0.1) is 10.1 Å². The van der Waals surface area contributed by atoms with Crippen molar-refractivity contribution in [3.05, 3.63) is 74.8 Å². The Morgan fingerprint density at radius 2 is 1.96 bits per heavy atom.